The summed E-state index contributed by atoms with van der Waals surface area (Å²) in [7, 11) is 0. The van der Waals surface area contributed by atoms with E-state index in [2.05, 4.69) is 76.2 Å². The summed E-state index contributed by atoms with van der Waals surface area (Å²) in [5.74, 6) is 0.900. The molecule has 112 valence electrons. The number of hydrogen-bond donors (Lipinski definition) is 0. The first-order valence-electron chi connectivity index (χ1n) is 7.80. The minimum atomic E-state index is 0.0154. The van der Waals surface area contributed by atoms with Gasteiger partial charge < -0.3 is 0 Å². The summed E-state index contributed by atoms with van der Waals surface area (Å²) in [6.07, 6.45) is 1.13. The molecule has 3 atom stereocenters. The maximum absolute atomic E-state index is 6.90. The summed E-state index contributed by atoms with van der Waals surface area (Å²) in [5.41, 5.74) is 5.20. The van der Waals surface area contributed by atoms with E-state index in [0.29, 0.717) is 11.8 Å². The van der Waals surface area contributed by atoms with Gasteiger partial charge in [0.15, 0.2) is 0 Å². The summed E-state index contributed by atoms with van der Waals surface area (Å²) < 4.78 is 0. The SMILES string of the molecule is CCC(C)C(c1ccccc1)C(Cl)c1ccc(C)c(C)c1. The summed E-state index contributed by atoms with van der Waals surface area (Å²) in [4.78, 5) is 0. The van der Waals surface area contributed by atoms with E-state index < -0.39 is 0 Å². The zero-order valence-corrected chi connectivity index (χ0v) is 14.2. The van der Waals surface area contributed by atoms with Crippen molar-refractivity contribution in [1.29, 1.82) is 0 Å². The molecule has 0 aromatic heterocycles. The monoisotopic (exact) mass is 300 g/mol. The van der Waals surface area contributed by atoms with E-state index in [4.69, 9.17) is 11.6 Å². The topological polar surface area (TPSA) is 0 Å². The summed E-state index contributed by atoms with van der Waals surface area (Å²) >= 11 is 6.90. The highest BCUT2D eigenvalue weighted by Gasteiger charge is 2.27. The quantitative estimate of drug-likeness (QED) is 0.559. The lowest BCUT2D eigenvalue weighted by atomic mass is 9.80. The molecule has 0 N–H and O–H groups in total. The molecule has 0 aliphatic rings. The van der Waals surface area contributed by atoms with Gasteiger partial charge in [-0.15, -0.1) is 11.6 Å². The maximum atomic E-state index is 6.90. The number of hydrogen-bond acceptors (Lipinski definition) is 0. The lowest BCUT2D eigenvalue weighted by molar-refractivity contribution is 0.434. The molecule has 0 aliphatic carbocycles. The molecular formula is C20H25Cl. The van der Waals surface area contributed by atoms with Crippen molar-refractivity contribution >= 4 is 11.6 Å². The molecule has 0 saturated heterocycles. The Balaban J connectivity index is 2.38. The van der Waals surface area contributed by atoms with Gasteiger partial charge in [0.05, 0.1) is 5.38 Å². The predicted octanol–water partition coefficient (Wildman–Crippen LogP) is 6.41. The highest BCUT2D eigenvalue weighted by molar-refractivity contribution is 6.21. The van der Waals surface area contributed by atoms with Crippen LogP contribution in [0.4, 0.5) is 0 Å². The van der Waals surface area contributed by atoms with E-state index in [-0.39, 0.29) is 5.38 Å². The molecule has 0 fully saturated rings. The third kappa shape index (κ3) is 3.68. The van der Waals surface area contributed by atoms with Gasteiger partial charge in [-0.05, 0) is 42.0 Å². The van der Waals surface area contributed by atoms with Crippen molar-refractivity contribution in [2.75, 3.05) is 0 Å². The Morgan fingerprint density at radius 1 is 0.905 bits per heavy atom. The van der Waals surface area contributed by atoms with Gasteiger partial charge in [0.25, 0.3) is 0 Å². The van der Waals surface area contributed by atoms with E-state index in [1.807, 2.05) is 0 Å². The minimum Gasteiger partial charge on any atom is -0.117 e. The molecule has 3 unspecified atom stereocenters. The average molecular weight is 301 g/mol. The Hall–Kier alpha value is -1.27. The smallest absolute Gasteiger partial charge is 0.0656 e. The highest BCUT2D eigenvalue weighted by Crippen LogP contribution is 2.42. The van der Waals surface area contributed by atoms with Crippen molar-refractivity contribution in [2.24, 2.45) is 5.92 Å². The molecule has 0 heterocycles. The van der Waals surface area contributed by atoms with Crippen LogP contribution in [0.25, 0.3) is 0 Å². The van der Waals surface area contributed by atoms with Crippen molar-refractivity contribution in [3.8, 4) is 0 Å². The van der Waals surface area contributed by atoms with Crippen molar-refractivity contribution in [3.63, 3.8) is 0 Å². The Bertz CT molecular complexity index is 574. The molecule has 1 heteroatoms. The summed E-state index contributed by atoms with van der Waals surface area (Å²) in [6, 6.07) is 17.3. The molecule has 0 amide bonds. The molecule has 0 nitrogen and oxygen atoms in total. The number of alkyl halides is 1. The molecule has 2 aromatic carbocycles. The lowest BCUT2D eigenvalue weighted by Gasteiger charge is -2.29. The Kier molecular flexibility index (Phi) is 5.47. The van der Waals surface area contributed by atoms with Crippen LogP contribution in [-0.4, -0.2) is 0 Å². The zero-order valence-electron chi connectivity index (χ0n) is 13.4. The fourth-order valence-electron chi connectivity index (χ4n) is 2.86. The number of halogens is 1. The van der Waals surface area contributed by atoms with Crippen molar-refractivity contribution < 1.29 is 0 Å². The largest absolute Gasteiger partial charge is 0.117 e. The van der Waals surface area contributed by atoms with Crippen LogP contribution in [-0.2, 0) is 0 Å². The van der Waals surface area contributed by atoms with Gasteiger partial charge in [0.2, 0.25) is 0 Å². The van der Waals surface area contributed by atoms with Gasteiger partial charge in [-0.1, -0.05) is 68.8 Å². The van der Waals surface area contributed by atoms with Crippen LogP contribution in [0.15, 0.2) is 48.5 Å². The first-order valence-corrected chi connectivity index (χ1v) is 8.24. The maximum Gasteiger partial charge on any atom is 0.0656 e. The van der Waals surface area contributed by atoms with Crippen LogP contribution in [0.2, 0.25) is 0 Å². The number of rotatable bonds is 5. The zero-order chi connectivity index (χ0) is 15.4. The molecule has 21 heavy (non-hydrogen) atoms. The molecule has 0 aliphatic heterocycles. The second kappa shape index (κ2) is 7.13. The molecule has 2 aromatic rings. The Morgan fingerprint density at radius 2 is 1.57 bits per heavy atom. The first kappa shape index (κ1) is 16.1. The van der Waals surface area contributed by atoms with E-state index in [0.717, 1.165) is 6.42 Å². The molecule has 0 spiro atoms. The standard InChI is InChI=1S/C20H25Cl/c1-5-14(2)19(17-9-7-6-8-10-17)20(21)18-12-11-15(3)16(4)13-18/h6-14,19-20H,5H2,1-4H3. The van der Waals surface area contributed by atoms with Crippen molar-refractivity contribution in [3.05, 3.63) is 70.8 Å². The second-order valence-corrected chi connectivity index (χ2v) is 6.54. The second-order valence-electron chi connectivity index (χ2n) is 6.07. The van der Waals surface area contributed by atoms with Crippen LogP contribution in [0.3, 0.4) is 0 Å². The van der Waals surface area contributed by atoms with Crippen LogP contribution < -0.4 is 0 Å². The highest BCUT2D eigenvalue weighted by atomic mass is 35.5. The van der Waals surface area contributed by atoms with E-state index >= 15 is 0 Å². The molecule has 0 bridgehead atoms. The summed E-state index contributed by atoms with van der Waals surface area (Å²) in [6.45, 7) is 8.84. The van der Waals surface area contributed by atoms with Gasteiger partial charge >= 0.3 is 0 Å². The van der Waals surface area contributed by atoms with E-state index in [1.165, 1.54) is 22.3 Å². The van der Waals surface area contributed by atoms with Crippen LogP contribution >= 0.6 is 11.6 Å². The molecular weight excluding hydrogens is 276 g/mol. The molecule has 2 rings (SSSR count). The average Bonchev–Trinajstić information content (AvgIpc) is 2.51. The van der Waals surface area contributed by atoms with Crippen molar-refractivity contribution in [1.82, 2.24) is 0 Å². The first-order chi connectivity index (χ1) is 10.0. The third-order valence-electron chi connectivity index (χ3n) is 4.61. The van der Waals surface area contributed by atoms with Gasteiger partial charge in [-0.2, -0.15) is 0 Å². The van der Waals surface area contributed by atoms with Crippen LogP contribution in [0, 0.1) is 19.8 Å². The Morgan fingerprint density at radius 3 is 2.14 bits per heavy atom. The lowest BCUT2D eigenvalue weighted by Crippen LogP contribution is -2.15. The fourth-order valence-corrected chi connectivity index (χ4v) is 3.39. The molecule has 0 radical (unpaired) electrons. The predicted molar refractivity (Wildman–Crippen MR) is 93.1 cm³/mol. The number of aryl methyl sites for hydroxylation is 2. The van der Waals surface area contributed by atoms with E-state index in [9.17, 15) is 0 Å². The normalized spacial score (nSPS) is 15.5. The van der Waals surface area contributed by atoms with Crippen molar-refractivity contribution in [2.45, 2.75) is 45.4 Å². The number of benzene rings is 2. The fraction of sp³-hybridized carbons (Fsp3) is 0.400. The Labute approximate surface area is 134 Å². The summed E-state index contributed by atoms with van der Waals surface area (Å²) in [5, 5.41) is 0.0154. The third-order valence-corrected chi connectivity index (χ3v) is 5.13. The van der Waals surface area contributed by atoms with Gasteiger partial charge in [0.1, 0.15) is 0 Å². The van der Waals surface area contributed by atoms with Crippen LogP contribution in [0.5, 0.6) is 0 Å². The van der Waals surface area contributed by atoms with Gasteiger partial charge in [-0.3, -0.25) is 0 Å². The van der Waals surface area contributed by atoms with Gasteiger partial charge in [-0.25, -0.2) is 0 Å². The minimum absolute atomic E-state index is 0.0154. The molecule has 0 saturated carbocycles. The van der Waals surface area contributed by atoms with E-state index in [1.54, 1.807) is 0 Å². The van der Waals surface area contributed by atoms with Crippen LogP contribution in [0.1, 0.15) is 53.8 Å². The van der Waals surface area contributed by atoms with Gasteiger partial charge in [0, 0.05) is 5.92 Å².